The number of methoxy groups -OCH3 is 1. The first kappa shape index (κ1) is 18.7. The molecule has 0 saturated carbocycles. The summed E-state index contributed by atoms with van der Waals surface area (Å²) in [5.74, 6) is 1.09. The summed E-state index contributed by atoms with van der Waals surface area (Å²) in [6, 6.07) is 5.58. The van der Waals surface area contributed by atoms with Gasteiger partial charge in [-0.3, -0.25) is 10.2 Å². The maximum absolute atomic E-state index is 12.7. The number of nitrogens with one attached hydrogen (secondary N) is 1. The number of ether oxygens (including phenoxy) is 2. The Balaban J connectivity index is 1.83. The van der Waals surface area contributed by atoms with Crippen LogP contribution in [0.15, 0.2) is 34.7 Å². The molecule has 0 aliphatic carbocycles. The van der Waals surface area contributed by atoms with E-state index in [1.807, 2.05) is 23.6 Å². The molecule has 2 aromatic rings. The van der Waals surface area contributed by atoms with Crippen LogP contribution in [0.25, 0.3) is 6.08 Å². The second-order valence-electron chi connectivity index (χ2n) is 6.26. The average Bonchev–Trinajstić information content (AvgIpc) is 3.22. The van der Waals surface area contributed by atoms with E-state index >= 15 is 0 Å². The monoisotopic (exact) mass is 388 g/mol. The molecule has 1 aliphatic heterocycles. The van der Waals surface area contributed by atoms with Gasteiger partial charge in [0.05, 0.1) is 23.7 Å². The second-order valence-corrected chi connectivity index (χ2v) is 8.27. The maximum atomic E-state index is 12.7. The highest BCUT2D eigenvalue weighted by Gasteiger charge is 2.38. The van der Waals surface area contributed by atoms with Gasteiger partial charge >= 0.3 is 0 Å². The van der Waals surface area contributed by atoms with Gasteiger partial charge in [-0.15, -0.1) is 11.3 Å². The molecule has 1 aromatic heterocycles. The van der Waals surface area contributed by atoms with E-state index in [9.17, 15) is 4.79 Å². The Bertz CT molecular complexity index is 844. The number of hydrogen-bond donors (Lipinski definition) is 1. The highest BCUT2D eigenvalue weighted by molar-refractivity contribution is 8.19. The molecule has 1 aromatic carbocycles. The minimum atomic E-state index is -0.568. The molecule has 0 amide bonds. The molecule has 0 radical (unpaired) electrons. The quantitative estimate of drug-likeness (QED) is 0.732. The lowest BCUT2D eigenvalue weighted by atomic mass is 10.0. The summed E-state index contributed by atoms with van der Waals surface area (Å²) in [6.45, 7) is 4.78. The van der Waals surface area contributed by atoms with Gasteiger partial charge in [-0.2, -0.15) is 0 Å². The van der Waals surface area contributed by atoms with Crippen LogP contribution < -0.4 is 9.47 Å². The molecule has 136 valence electrons. The lowest BCUT2D eigenvalue weighted by Gasteiger charge is -2.13. The highest BCUT2D eigenvalue weighted by atomic mass is 32.2. The van der Waals surface area contributed by atoms with Crippen molar-refractivity contribution in [3.05, 3.63) is 45.3 Å². The van der Waals surface area contributed by atoms with E-state index in [1.54, 1.807) is 19.4 Å². The van der Waals surface area contributed by atoms with E-state index in [2.05, 4.69) is 18.8 Å². The van der Waals surface area contributed by atoms with Crippen LogP contribution in [0.1, 0.15) is 30.3 Å². The van der Waals surface area contributed by atoms with Gasteiger partial charge in [0.1, 0.15) is 10.9 Å². The van der Waals surface area contributed by atoms with Gasteiger partial charge in [0.2, 0.25) is 0 Å². The number of carbonyl (C=O) groups is 1. The Kier molecular flexibility index (Phi) is 5.78. The van der Waals surface area contributed by atoms with E-state index in [4.69, 9.17) is 14.9 Å². The van der Waals surface area contributed by atoms with Crippen molar-refractivity contribution in [3.8, 4) is 11.5 Å². The van der Waals surface area contributed by atoms with E-state index in [1.165, 1.54) is 23.1 Å². The molecule has 7 heteroatoms. The van der Waals surface area contributed by atoms with Crippen molar-refractivity contribution in [2.75, 3.05) is 13.7 Å². The minimum Gasteiger partial charge on any atom is -0.493 e. The van der Waals surface area contributed by atoms with E-state index in [0.717, 1.165) is 5.56 Å². The fraction of sp³-hybridized carbons (Fsp3) is 0.316. The molecular formula is C19H20N2O3S2. The van der Waals surface area contributed by atoms with Gasteiger partial charge in [0, 0.05) is 11.6 Å². The van der Waals surface area contributed by atoms with Gasteiger partial charge in [-0.25, -0.2) is 4.98 Å². The number of ketones is 1. The number of Topliss-reactive ketones (excluding diaryl/α,β-unsaturated/α-hetero) is 1. The average molecular weight is 389 g/mol. The molecule has 1 unspecified atom stereocenters. The fourth-order valence-corrected chi connectivity index (χ4v) is 4.30. The van der Waals surface area contributed by atoms with Crippen molar-refractivity contribution in [2.24, 2.45) is 5.92 Å². The SMILES string of the molecule is COc1cc(C=C2SC(=N)C(c3nccs3)C2=O)ccc1OCC(C)C. The third kappa shape index (κ3) is 3.99. The van der Waals surface area contributed by atoms with E-state index in [-0.39, 0.29) is 5.78 Å². The number of hydrogen-bond acceptors (Lipinski definition) is 7. The Morgan fingerprint density at radius 1 is 1.35 bits per heavy atom. The van der Waals surface area contributed by atoms with Gasteiger partial charge in [0.15, 0.2) is 17.3 Å². The third-order valence-corrected chi connectivity index (χ3v) is 5.58. The first-order valence-corrected chi connectivity index (χ1v) is 9.91. The lowest BCUT2D eigenvalue weighted by Crippen LogP contribution is -2.11. The van der Waals surface area contributed by atoms with E-state index in [0.29, 0.717) is 39.0 Å². The first-order chi connectivity index (χ1) is 12.5. The molecule has 5 nitrogen and oxygen atoms in total. The Hall–Kier alpha value is -2.12. The minimum absolute atomic E-state index is 0.0750. The van der Waals surface area contributed by atoms with Crippen LogP contribution in [0.2, 0.25) is 0 Å². The van der Waals surface area contributed by atoms with Crippen LogP contribution in [0.4, 0.5) is 0 Å². The number of thiazole rings is 1. The van der Waals surface area contributed by atoms with Crippen molar-refractivity contribution in [2.45, 2.75) is 19.8 Å². The molecule has 1 saturated heterocycles. The third-order valence-electron chi connectivity index (χ3n) is 3.74. The van der Waals surface area contributed by atoms with Crippen molar-refractivity contribution < 1.29 is 14.3 Å². The molecule has 1 atom stereocenters. The summed E-state index contributed by atoms with van der Waals surface area (Å²) in [5, 5.41) is 11.0. The van der Waals surface area contributed by atoms with Crippen LogP contribution in [-0.4, -0.2) is 29.5 Å². The fourth-order valence-electron chi connectivity index (χ4n) is 2.49. The summed E-state index contributed by atoms with van der Waals surface area (Å²) >= 11 is 2.60. The number of benzene rings is 1. The molecule has 0 bridgehead atoms. The normalized spacial score (nSPS) is 18.8. The summed E-state index contributed by atoms with van der Waals surface area (Å²) in [7, 11) is 1.60. The summed E-state index contributed by atoms with van der Waals surface area (Å²) < 4.78 is 11.2. The zero-order chi connectivity index (χ0) is 18.7. The Morgan fingerprint density at radius 3 is 2.81 bits per heavy atom. The van der Waals surface area contributed by atoms with Gasteiger partial charge in [0.25, 0.3) is 0 Å². The summed E-state index contributed by atoms with van der Waals surface area (Å²) in [5.41, 5.74) is 0.835. The topological polar surface area (TPSA) is 72.3 Å². The van der Waals surface area contributed by atoms with Crippen LogP contribution in [-0.2, 0) is 4.79 Å². The number of rotatable bonds is 6. The van der Waals surface area contributed by atoms with Crippen molar-refractivity contribution in [1.82, 2.24) is 4.98 Å². The molecular weight excluding hydrogens is 368 g/mol. The number of nitrogens with zero attached hydrogens (tertiary/aromatic N) is 1. The number of allylic oxidation sites excluding steroid dienone is 1. The van der Waals surface area contributed by atoms with Crippen molar-refractivity contribution >= 4 is 40.0 Å². The molecule has 1 fully saturated rings. The predicted molar refractivity (Wildman–Crippen MR) is 106 cm³/mol. The summed E-state index contributed by atoms with van der Waals surface area (Å²) in [4.78, 5) is 17.4. The Labute approximate surface area is 160 Å². The van der Waals surface area contributed by atoms with Gasteiger partial charge in [-0.1, -0.05) is 31.7 Å². The maximum Gasteiger partial charge on any atom is 0.186 e. The standard InChI is InChI=1S/C19H20N2O3S2/c1-11(2)10-24-13-5-4-12(8-14(13)23-3)9-15-17(22)16(18(20)26-15)19-21-6-7-25-19/h4-9,11,16,20H,10H2,1-3H3. The molecule has 0 spiro atoms. The molecule has 2 heterocycles. The number of aromatic nitrogens is 1. The summed E-state index contributed by atoms with van der Waals surface area (Å²) in [6.07, 6.45) is 3.46. The van der Waals surface area contributed by atoms with Crippen LogP contribution in [0.3, 0.4) is 0 Å². The second kappa shape index (κ2) is 8.05. The first-order valence-electron chi connectivity index (χ1n) is 8.22. The molecule has 1 aliphatic rings. The van der Waals surface area contributed by atoms with E-state index < -0.39 is 5.92 Å². The zero-order valence-electron chi connectivity index (χ0n) is 14.8. The zero-order valence-corrected chi connectivity index (χ0v) is 16.4. The Morgan fingerprint density at radius 2 is 2.15 bits per heavy atom. The lowest BCUT2D eigenvalue weighted by molar-refractivity contribution is -0.114. The smallest absolute Gasteiger partial charge is 0.186 e. The van der Waals surface area contributed by atoms with Gasteiger partial charge in [-0.05, 0) is 29.7 Å². The number of carbonyl (C=O) groups excluding carboxylic acids is 1. The highest BCUT2D eigenvalue weighted by Crippen LogP contribution is 2.41. The van der Waals surface area contributed by atoms with Crippen LogP contribution >= 0.6 is 23.1 Å². The molecule has 1 N–H and O–H groups in total. The molecule has 3 rings (SSSR count). The number of thioether (sulfide) groups is 1. The van der Waals surface area contributed by atoms with Crippen molar-refractivity contribution in [3.63, 3.8) is 0 Å². The molecule has 26 heavy (non-hydrogen) atoms. The van der Waals surface area contributed by atoms with Gasteiger partial charge < -0.3 is 9.47 Å². The van der Waals surface area contributed by atoms with Crippen LogP contribution in [0, 0.1) is 11.3 Å². The predicted octanol–water partition coefficient (Wildman–Crippen LogP) is 4.60. The van der Waals surface area contributed by atoms with Crippen LogP contribution in [0.5, 0.6) is 11.5 Å². The van der Waals surface area contributed by atoms with Crippen molar-refractivity contribution in [1.29, 1.82) is 5.41 Å². The largest absolute Gasteiger partial charge is 0.493 e.